The predicted molar refractivity (Wildman–Crippen MR) is 78.6 cm³/mol. The summed E-state index contributed by atoms with van der Waals surface area (Å²) in [5.41, 5.74) is 2.53. The number of benzene rings is 2. The van der Waals surface area contributed by atoms with Crippen LogP contribution in [0.1, 0.15) is 17.5 Å². The maximum Gasteiger partial charge on any atom is 0.160 e. The highest BCUT2D eigenvalue weighted by atomic mass is 19.2. The van der Waals surface area contributed by atoms with E-state index < -0.39 is 11.6 Å². The molecule has 2 aromatic carbocycles. The summed E-state index contributed by atoms with van der Waals surface area (Å²) in [7, 11) is 0. The molecule has 0 amide bonds. The van der Waals surface area contributed by atoms with Crippen LogP contribution in [0, 0.1) is 11.6 Å². The largest absolute Gasteiger partial charge is 0.256 e. The topological polar surface area (TPSA) is 12.4 Å². The lowest BCUT2D eigenvalue weighted by molar-refractivity contribution is 0.509. The SMILES string of the molecule is C=CCCc1ccc(C=Nc2ccc(F)c(F)c2)cc1. The molecule has 0 spiro atoms. The van der Waals surface area contributed by atoms with Gasteiger partial charge in [0.2, 0.25) is 0 Å². The Hall–Kier alpha value is -2.29. The van der Waals surface area contributed by atoms with Crippen molar-refractivity contribution in [2.75, 3.05) is 0 Å². The second kappa shape index (κ2) is 6.75. The highest BCUT2D eigenvalue weighted by Gasteiger charge is 2.00. The van der Waals surface area contributed by atoms with E-state index in [1.54, 1.807) is 6.21 Å². The first-order valence-electron chi connectivity index (χ1n) is 6.38. The number of aryl methyl sites for hydroxylation is 1. The van der Waals surface area contributed by atoms with E-state index in [1.165, 1.54) is 11.6 Å². The lowest BCUT2D eigenvalue weighted by Gasteiger charge is -1.99. The molecule has 0 unspecified atom stereocenters. The number of allylic oxidation sites excluding steroid dienone is 1. The van der Waals surface area contributed by atoms with Crippen LogP contribution in [-0.2, 0) is 6.42 Å². The zero-order valence-electron chi connectivity index (χ0n) is 11.0. The van der Waals surface area contributed by atoms with Crippen molar-refractivity contribution in [3.8, 4) is 0 Å². The van der Waals surface area contributed by atoms with Gasteiger partial charge in [0.1, 0.15) is 0 Å². The second-order valence-electron chi connectivity index (χ2n) is 4.43. The van der Waals surface area contributed by atoms with E-state index >= 15 is 0 Å². The molecule has 0 fully saturated rings. The third-order valence-electron chi connectivity index (χ3n) is 2.88. The third-order valence-corrected chi connectivity index (χ3v) is 2.88. The molecule has 0 N–H and O–H groups in total. The predicted octanol–water partition coefficient (Wildman–Crippen LogP) is 4.83. The maximum absolute atomic E-state index is 13.0. The van der Waals surface area contributed by atoms with E-state index in [0.29, 0.717) is 5.69 Å². The van der Waals surface area contributed by atoms with Crippen molar-refractivity contribution in [1.29, 1.82) is 0 Å². The number of halogens is 2. The third kappa shape index (κ3) is 3.85. The van der Waals surface area contributed by atoms with Crippen LogP contribution >= 0.6 is 0 Å². The molecular formula is C17H15F2N. The normalized spacial score (nSPS) is 10.9. The fourth-order valence-electron chi connectivity index (χ4n) is 1.75. The molecule has 0 aromatic heterocycles. The molecule has 2 aromatic rings. The first kappa shape index (κ1) is 14.1. The van der Waals surface area contributed by atoms with Gasteiger partial charge in [-0.05, 0) is 36.1 Å². The van der Waals surface area contributed by atoms with Crippen LogP contribution in [-0.4, -0.2) is 6.21 Å². The van der Waals surface area contributed by atoms with Gasteiger partial charge in [0, 0.05) is 12.3 Å². The lowest BCUT2D eigenvalue weighted by atomic mass is 10.1. The lowest BCUT2D eigenvalue weighted by Crippen LogP contribution is -1.86. The number of hydrogen-bond acceptors (Lipinski definition) is 1. The summed E-state index contributed by atoms with van der Waals surface area (Å²) in [5, 5.41) is 0. The van der Waals surface area contributed by atoms with Crippen LogP contribution in [0.2, 0.25) is 0 Å². The minimum atomic E-state index is -0.889. The molecule has 0 atom stereocenters. The fraction of sp³-hybridized carbons (Fsp3) is 0.118. The number of rotatable bonds is 5. The average Bonchev–Trinajstić information content (AvgIpc) is 2.47. The summed E-state index contributed by atoms with van der Waals surface area (Å²) < 4.78 is 25.8. The molecule has 102 valence electrons. The molecule has 2 rings (SSSR count). The molecule has 0 heterocycles. The van der Waals surface area contributed by atoms with Crippen LogP contribution in [0.3, 0.4) is 0 Å². The first-order valence-corrected chi connectivity index (χ1v) is 6.38. The minimum absolute atomic E-state index is 0.389. The summed E-state index contributed by atoms with van der Waals surface area (Å²) in [4.78, 5) is 4.12. The van der Waals surface area contributed by atoms with E-state index in [4.69, 9.17) is 0 Å². The fourth-order valence-corrected chi connectivity index (χ4v) is 1.75. The van der Waals surface area contributed by atoms with Gasteiger partial charge in [-0.15, -0.1) is 6.58 Å². The van der Waals surface area contributed by atoms with Gasteiger partial charge in [0.25, 0.3) is 0 Å². The Bertz CT molecular complexity index is 615. The molecule has 20 heavy (non-hydrogen) atoms. The summed E-state index contributed by atoms with van der Waals surface area (Å²) >= 11 is 0. The second-order valence-corrected chi connectivity index (χ2v) is 4.43. The van der Waals surface area contributed by atoms with Crippen molar-refractivity contribution < 1.29 is 8.78 Å². The molecule has 0 aliphatic rings. The highest BCUT2D eigenvalue weighted by molar-refractivity contribution is 5.81. The van der Waals surface area contributed by atoms with Gasteiger partial charge < -0.3 is 0 Å². The van der Waals surface area contributed by atoms with Crippen molar-refractivity contribution in [3.63, 3.8) is 0 Å². The molecule has 0 saturated heterocycles. The van der Waals surface area contributed by atoms with Gasteiger partial charge in [0.15, 0.2) is 11.6 Å². The van der Waals surface area contributed by atoms with Crippen molar-refractivity contribution in [2.45, 2.75) is 12.8 Å². The quantitative estimate of drug-likeness (QED) is 0.545. The van der Waals surface area contributed by atoms with Crippen molar-refractivity contribution in [2.24, 2.45) is 4.99 Å². The molecule has 0 radical (unpaired) electrons. The molecule has 0 aliphatic heterocycles. The van der Waals surface area contributed by atoms with Gasteiger partial charge in [-0.25, -0.2) is 8.78 Å². The number of aliphatic imine (C=N–C) groups is 1. The summed E-state index contributed by atoms with van der Waals surface area (Å²) in [5.74, 6) is -1.75. The van der Waals surface area contributed by atoms with Crippen molar-refractivity contribution in [3.05, 3.63) is 77.9 Å². The average molecular weight is 271 g/mol. The highest BCUT2D eigenvalue weighted by Crippen LogP contribution is 2.16. The molecule has 0 bridgehead atoms. The van der Waals surface area contributed by atoms with Crippen LogP contribution in [0.15, 0.2) is 60.1 Å². The Kier molecular flexibility index (Phi) is 4.77. The van der Waals surface area contributed by atoms with Crippen molar-refractivity contribution >= 4 is 11.9 Å². The Morgan fingerprint density at radius 1 is 1.00 bits per heavy atom. The maximum atomic E-state index is 13.0. The van der Waals surface area contributed by atoms with Gasteiger partial charge in [0.05, 0.1) is 5.69 Å². The first-order chi connectivity index (χ1) is 9.69. The van der Waals surface area contributed by atoms with E-state index in [2.05, 4.69) is 11.6 Å². The Morgan fingerprint density at radius 3 is 2.40 bits per heavy atom. The van der Waals surface area contributed by atoms with Crippen LogP contribution in [0.25, 0.3) is 0 Å². The monoisotopic (exact) mass is 271 g/mol. The zero-order valence-corrected chi connectivity index (χ0v) is 11.0. The summed E-state index contributed by atoms with van der Waals surface area (Å²) in [6.07, 6.45) is 5.43. The Morgan fingerprint density at radius 2 is 1.75 bits per heavy atom. The number of hydrogen-bond donors (Lipinski definition) is 0. The molecule has 0 saturated carbocycles. The van der Waals surface area contributed by atoms with E-state index in [-0.39, 0.29) is 0 Å². The van der Waals surface area contributed by atoms with E-state index in [0.717, 1.165) is 30.5 Å². The van der Waals surface area contributed by atoms with Crippen LogP contribution in [0.4, 0.5) is 14.5 Å². The Balaban J connectivity index is 2.06. The standard InChI is InChI=1S/C17H15F2N/c1-2-3-4-13-5-7-14(8-6-13)12-20-15-9-10-16(18)17(19)11-15/h2,5-12H,1,3-4H2. The summed E-state index contributed by atoms with van der Waals surface area (Å²) in [6, 6.07) is 11.5. The summed E-state index contributed by atoms with van der Waals surface area (Å²) in [6.45, 7) is 3.69. The van der Waals surface area contributed by atoms with E-state index in [9.17, 15) is 8.78 Å². The number of nitrogens with zero attached hydrogens (tertiary/aromatic N) is 1. The minimum Gasteiger partial charge on any atom is -0.256 e. The zero-order chi connectivity index (χ0) is 14.4. The molecule has 0 aliphatic carbocycles. The molecule has 1 nitrogen and oxygen atoms in total. The van der Waals surface area contributed by atoms with Crippen molar-refractivity contribution in [1.82, 2.24) is 0 Å². The van der Waals surface area contributed by atoms with Gasteiger partial charge in [-0.3, -0.25) is 4.99 Å². The smallest absolute Gasteiger partial charge is 0.160 e. The molecular weight excluding hydrogens is 256 g/mol. The van der Waals surface area contributed by atoms with E-state index in [1.807, 2.05) is 30.3 Å². The Labute approximate surface area is 117 Å². The van der Waals surface area contributed by atoms with Gasteiger partial charge >= 0.3 is 0 Å². The van der Waals surface area contributed by atoms with Crippen LogP contribution in [0.5, 0.6) is 0 Å². The molecule has 3 heteroatoms. The van der Waals surface area contributed by atoms with Gasteiger partial charge in [-0.2, -0.15) is 0 Å². The van der Waals surface area contributed by atoms with Gasteiger partial charge in [-0.1, -0.05) is 30.3 Å². The van der Waals surface area contributed by atoms with Crippen LogP contribution < -0.4 is 0 Å².